The van der Waals surface area contributed by atoms with Crippen LogP contribution in [0.4, 0.5) is 0 Å². The molecule has 2 unspecified atom stereocenters. The van der Waals surface area contributed by atoms with Crippen LogP contribution in [0.1, 0.15) is 47.0 Å². The third-order valence-electron chi connectivity index (χ3n) is 3.08. The van der Waals surface area contributed by atoms with Crippen LogP contribution in [0.25, 0.3) is 0 Å². The van der Waals surface area contributed by atoms with Gasteiger partial charge in [-0.15, -0.1) is 0 Å². The standard InChI is InChI=1S/C12H24N2O/c1-5-7-9-8-10(9)14-11(15)12(3,4)13-6-2/h9-10,13H,5-8H2,1-4H3,(H,14,15). The lowest BCUT2D eigenvalue weighted by Gasteiger charge is -2.24. The van der Waals surface area contributed by atoms with E-state index in [-0.39, 0.29) is 5.91 Å². The van der Waals surface area contributed by atoms with Gasteiger partial charge in [-0.05, 0) is 39.2 Å². The number of hydrogen-bond acceptors (Lipinski definition) is 2. The van der Waals surface area contributed by atoms with Gasteiger partial charge in [-0.2, -0.15) is 0 Å². The molecule has 1 aliphatic rings. The second-order valence-corrected chi connectivity index (χ2v) is 5.02. The Kier molecular flexibility index (Phi) is 4.14. The maximum atomic E-state index is 11.9. The van der Waals surface area contributed by atoms with E-state index in [1.807, 2.05) is 20.8 Å². The summed E-state index contributed by atoms with van der Waals surface area (Å²) >= 11 is 0. The first-order chi connectivity index (χ1) is 7.01. The molecule has 0 aliphatic heterocycles. The highest BCUT2D eigenvalue weighted by Crippen LogP contribution is 2.34. The molecule has 1 amide bonds. The number of nitrogens with one attached hydrogen (secondary N) is 2. The van der Waals surface area contributed by atoms with Crippen molar-refractivity contribution in [1.29, 1.82) is 0 Å². The van der Waals surface area contributed by atoms with Gasteiger partial charge in [0.05, 0.1) is 5.54 Å². The molecule has 3 heteroatoms. The van der Waals surface area contributed by atoms with Gasteiger partial charge in [-0.25, -0.2) is 0 Å². The van der Waals surface area contributed by atoms with E-state index in [0.717, 1.165) is 12.5 Å². The molecule has 15 heavy (non-hydrogen) atoms. The number of carbonyl (C=O) groups is 1. The third kappa shape index (κ3) is 3.49. The second-order valence-electron chi connectivity index (χ2n) is 5.02. The molecule has 0 aromatic rings. The Morgan fingerprint density at radius 2 is 2.07 bits per heavy atom. The molecule has 1 fully saturated rings. The minimum Gasteiger partial charge on any atom is -0.351 e. The molecule has 2 N–H and O–H groups in total. The summed E-state index contributed by atoms with van der Waals surface area (Å²) in [5.74, 6) is 0.865. The Bertz CT molecular complexity index is 226. The summed E-state index contributed by atoms with van der Waals surface area (Å²) < 4.78 is 0. The molecule has 0 radical (unpaired) electrons. The normalized spacial score (nSPS) is 25.1. The van der Waals surface area contributed by atoms with Crippen molar-refractivity contribution in [2.24, 2.45) is 5.92 Å². The molecule has 0 aromatic carbocycles. The maximum absolute atomic E-state index is 11.9. The molecule has 1 saturated carbocycles. The number of likely N-dealkylation sites (N-methyl/N-ethyl adjacent to an activating group) is 1. The quantitative estimate of drug-likeness (QED) is 0.703. The minimum atomic E-state index is -0.436. The number of rotatable bonds is 6. The van der Waals surface area contributed by atoms with Crippen LogP contribution in [0.5, 0.6) is 0 Å². The fourth-order valence-electron chi connectivity index (χ4n) is 1.99. The van der Waals surface area contributed by atoms with Gasteiger partial charge in [-0.3, -0.25) is 4.79 Å². The Hall–Kier alpha value is -0.570. The van der Waals surface area contributed by atoms with Crippen LogP contribution in [0.2, 0.25) is 0 Å². The van der Waals surface area contributed by atoms with E-state index >= 15 is 0 Å². The number of amides is 1. The van der Waals surface area contributed by atoms with Gasteiger partial charge in [-0.1, -0.05) is 20.3 Å². The molecule has 0 bridgehead atoms. The lowest BCUT2D eigenvalue weighted by atomic mass is 10.0. The van der Waals surface area contributed by atoms with E-state index in [0.29, 0.717) is 6.04 Å². The fourth-order valence-corrected chi connectivity index (χ4v) is 1.99. The minimum absolute atomic E-state index is 0.132. The van der Waals surface area contributed by atoms with Crippen molar-refractivity contribution in [3.8, 4) is 0 Å². The summed E-state index contributed by atoms with van der Waals surface area (Å²) in [4.78, 5) is 11.9. The highest BCUT2D eigenvalue weighted by molar-refractivity contribution is 5.85. The van der Waals surface area contributed by atoms with Gasteiger partial charge < -0.3 is 10.6 Å². The van der Waals surface area contributed by atoms with Crippen molar-refractivity contribution in [3.05, 3.63) is 0 Å². The first-order valence-electron chi connectivity index (χ1n) is 6.07. The summed E-state index contributed by atoms with van der Waals surface area (Å²) in [6, 6.07) is 0.440. The van der Waals surface area contributed by atoms with Gasteiger partial charge in [0.25, 0.3) is 0 Å². The molecule has 0 saturated heterocycles. The molecule has 1 rings (SSSR count). The zero-order valence-corrected chi connectivity index (χ0v) is 10.4. The first-order valence-corrected chi connectivity index (χ1v) is 6.07. The maximum Gasteiger partial charge on any atom is 0.239 e. The lowest BCUT2D eigenvalue weighted by Crippen LogP contribution is -2.53. The van der Waals surface area contributed by atoms with Crippen LogP contribution in [0.15, 0.2) is 0 Å². The zero-order valence-electron chi connectivity index (χ0n) is 10.4. The Morgan fingerprint density at radius 3 is 2.60 bits per heavy atom. The molecule has 3 nitrogen and oxygen atoms in total. The van der Waals surface area contributed by atoms with Crippen molar-refractivity contribution < 1.29 is 4.79 Å². The van der Waals surface area contributed by atoms with Crippen LogP contribution < -0.4 is 10.6 Å². The summed E-state index contributed by atoms with van der Waals surface area (Å²) in [5, 5.41) is 6.30. The molecular formula is C12H24N2O. The summed E-state index contributed by atoms with van der Waals surface area (Å²) in [5.41, 5.74) is -0.436. The van der Waals surface area contributed by atoms with Gasteiger partial charge in [0, 0.05) is 6.04 Å². The Labute approximate surface area is 93.0 Å². The SMILES string of the molecule is CCCC1CC1NC(=O)C(C)(C)NCC. The lowest BCUT2D eigenvalue weighted by molar-refractivity contribution is -0.126. The molecular weight excluding hydrogens is 188 g/mol. The average Bonchev–Trinajstić information content (AvgIpc) is 2.84. The van der Waals surface area contributed by atoms with Gasteiger partial charge >= 0.3 is 0 Å². The second kappa shape index (κ2) is 4.97. The molecule has 2 atom stereocenters. The summed E-state index contributed by atoms with van der Waals surface area (Å²) in [6.45, 7) is 8.90. The highest BCUT2D eigenvalue weighted by Gasteiger charge is 2.39. The largest absolute Gasteiger partial charge is 0.351 e. The smallest absolute Gasteiger partial charge is 0.239 e. The zero-order chi connectivity index (χ0) is 11.5. The van der Waals surface area contributed by atoms with Crippen molar-refractivity contribution in [3.63, 3.8) is 0 Å². The van der Waals surface area contributed by atoms with Crippen molar-refractivity contribution in [2.45, 2.75) is 58.5 Å². The van der Waals surface area contributed by atoms with E-state index in [4.69, 9.17) is 0 Å². The molecule has 88 valence electrons. The van der Waals surface area contributed by atoms with Crippen molar-refractivity contribution in [1.82, 2.24) is 10.6 Å². The van der Waals surface area contributed by atoms with Gasteiger partial charge in [0.1, 0.15) is 0 Å². The highest BCUT2D eigenvalue weighted by atomic mass is 16.2. The monoisotopic (exact) mass is 212 g/mol. The molecule has 0 spiro atoms. The predicted molar refractivity (Wildman–Crippen MR) is 62.7 cm³/mol. The van der Waals surface area contributed by atoms with Gasteiger partial charge in [0.2, 0.25) is 5.91 Å². The molecule has 0 aromatic heterocycles. The van der Waals surface area contributed by atoms with Crippen LogP contribution in [-0.2, 0) is 4.79 Å². The Morgan fingerprint density at radius 1 is 1.40 bits per heavy atom. The topological polar surface area (TPSA) is 41.1 Å². The van der Waals surface area contributed by atoms with Crippen molar-refractivity contribution in [2.75, 3.05) is 6.54 Å². The van der Waals surface area contributed by atoms with Crippen molar-refractivity contribution >= 4 is 5.91 Å². The average molecular weight is 212 g/mol. The van der Waals surface area contributed by atoms with Gasteiger partial charge in [0.15, 0.2) is 0 Å². The van der Waals surface area contributed by atoms with E-state index in [2.05, 4.69) is 17.6 Å². The van der Waals surface area contributed by atoms with E-state index in [1.165, 1.54) is 19.3 Å². The summed E-state index contributed by atoms with van der Waals surface area (Å²) in [7, 11) is 0. The Balaban J connectivity index is 2.31. The van der Waals surface area contributed by atoms with Crippen LogP contribution in [0, 0.1) is 5.92 Å². The third-order valence-corrected chi connectivity index (χ3v) is 3.08. The van der Waals surface area contributed by atoms with Crippen LogP contribution in [-0.4, -0.2) is 24.0 Å². The molecule has 1 aliphatic carbocycles. The predicted octanol–water partition coefficient (Wildman–Crippen LogP) is 1.68. The molecule has 0 heterocycles. The van der Waals surface area contributed by atoms with E-state index < -0.39 is 5.54 Å². The number of hydrogen-bond donors (Lipinski definition) is 2. The summed E-state index contributed by atoms with van der Waals surface area (Å²) in [6.07, 6.45) is 3.63. The first kappa shape index (κ1) is 12.5. The van der Waals surface area contributed by atoms with Crippen LogP contribution >= 0.6 is 0 Å². The van der Waals surface area contributed by atoms with E-state index in [9.17, 15) is 4.79 Å². The number of carbonyl (C=O) groups excluding carboxylic acids is 1. The van der Waals surface area contributed by atoms with E-state index in [1.54, 1.807) is 0 Å². The van der Waals surface area contributed by atoms with Crippen LogP contribution in [0.3, 0.4) is 0 Å². The fraction of sp³-hybridized carbons (Fsp3) is 0.917.